The van der Waals surface area contributed by atoms with E-state index in [2.05, 4.69) is 25.2 Å². The highest BCUT2D eigenvalue weighted by Crippen LogP contribution is 2.20. The van der Waals surface area contributed by atoms with Crippen molar-refractivity contribution < 1.29 is 4.79 Å². The molecule has 16 heavy (non-hydrogen) atoms. The maximum absolute atomic E-state index is 11.9. The number of para-hydroxylation sites is 1. The van der Waals surface area contributed by atoms with E-state index in [-0.39, 0.29) is 5.91 Å². The number of anilines is 1. The first-order chi connectivity index (χ1) is 7.66. The van der Waals surface area contributed by atoms with Crippen LogP contribution in [-0.4, -0.2) is 23.9 Å². The van der Waals surface area contributed by atoms with Crippen molar-refractivity contribution in [2.75, 3.05) is 18.4 Å². The van der Waals surface area contributed by atoms with Gasteiger partial charge in [0.05, 0.1) is 6.54 Å². The third kappa shape index (κ3) is 2.35. The lowest BCUT2D eigenvalue weighted by Crippen LogP contribution is -2.35. The molecule has 3 nitrogen and oxygen atoms in total. The lowest BCUT2D eigenvalue weighted by atomic mass is 10.1. The third-order valence-electron chi connectivity index (χ3n) is 2.75. The quantitative estimate of drug-likeness (QED) is 0.824. The second-order valence-electron chi connectivity index (χ2n) is 4.68. The van der Waals surface area contributed by atoms with Crippen LogP contribution in [0.15, 0.2) is 24.3 Å². The molecule has 1 aromatic carbocycles. The van der Waals surface area contributed by atoms with Gasteiger partial charge in [-0.25, -0.2) is 0 Å². The maximum Gasteiger partial charge on any atom is 0.242 e. The zero-order valence-electron chi connectivity index (χ0n) is 9.86. The van der Waals surface area contributed by atoms with Gasteiger partial charge in [-0.05, 0) is 17.5 Å². The minimum Gasteiger partial charge on any atom is -0.376 e. The molecular weight excluding hydrogens is 200 g/mol. The molecule has 0 unspecified atom stereocenters. The van der Waals surface area contributed by atoms with E-state index in [1.807, 2.05) is 23.1 Å². The standard InChI is InChI=1S/C13H18N2O/c1-10(2)8-15-9-11-5-3-4-6-12(11)14-7-13(15)16/h3-6,10,14H,7-9H2,1-2H3. The molecule has 1 heterocycles. The van der Waals surface area contributed by atoms with Crippen molar-refractivity contribution in [3.8, 4) is 0 Å². The highest BCUT2D eigenvalue weighted by atomic mass is 16.2. The predicted octanol–water partition coefficient (Wildman–Crippen LogP) is 2.10. The van der Waals surface area contributed by atoms with Crippen LogP contribution in [0.1, 0.15) is 19.4 Å². The Balaban J connectivity index is 2.20. The summed E-state index contributed by atoms with van der Waals surface area (Å²) in [5.74, 6) is 0.694. The Hall–Kier alpha value is -1.51. The van der Waals surface area contributed by atoms with E-state index >= 15 is 0 Å². The lowest BCUT2D eigenvalue weighted by molar-refractivity contribution is -0.130. The zero-order valence-corrected chi connectivity index (χ0v) is 9.86. The van der Waals surface area contributed by atoms with Gasteiger partial charge in [-0.3, -0.25) is 4.79 Å². The number of amides is 1. The van der Waals surface area contributed by atoms with Crippen molar-refractivity contribution in [2.45, 2.75) is 20.4 Å². The molecule has 0 aliphatic carbocycles. The Morgan fingerprint density at radius 3 is 2.88 bits per heavy atom. The van der Waals surface area contributed by atoms with E-state index in [4.69, 9.17) is 0 Å². The van der Waals surface area contributed by atoms with E-state index in [0.29, 0.717) is 12.5 Å². The van der Waals surface area contributed by atoms with Gasteiger partial charge in [-0.1, -0.05) is 32.0 Å². The average molecular weight is 218 g/mol. The van der Waals surface area contributed by atoms with Gasteiger partial charge < -0.3 is 10.2 Å². The van der Waals surface area contributed by atoms with Crippen LogP contribution in [0.4, 0.5) is 5.69 Å². The molecule has 1 aliphatic rings. The van der Waals surface area contributed by atoms with E-state index in [9.17, 15) is 4.79 Å². The number of hydrogen-bond donors (Lipinski definition) is 1. The lowest BCUT2D eigenvalue weighted by Gasteiger charge is -2.22. The molecule has 1 aliphatic heterocycles. The topological polar surface area (TPSA) is 32.3 Å². The molecule has 0 fully saturated rings. The van der Waals surface area contributed by atoms with E-state index in [1.54, 1.807) is 0 Å². The number of carbonyl (C=O) groups is 1. The molecule has 3 heteroatoms. The van der Waals surface area contributed by atoms with Crippen molar-refractivity contribution in [3.63, 3.8) is 0 Å². The molecule has 1 amide bonds. The Morgan fingerprint density at radius 2 is 2.12 bits per heavy atom. The molecule has 1 aromatic rings. The molecule has 0 saturated heterocycles. The molecule has 2 rings (SSSR count). The Kier molecular flexibility index (Phi) is 3.13. The second-order valence-corrected chi connectivity index (χ2v) is 4.68. The van der Waals surface area contributed by atoms with Crippen LogP contribution in [0.3, 0.4) is 0 Å². The first kappa shape index (κ1) is 11.0. The summed E-state index contributed by atoms with van der Waals surface area (Å²) < 4.78 is 0. The van der Waals surface area contributed by atoms with Crippen LogP contribution in [0.2, 0.25) is 0 Å². The number of hydrogen-bond acceptors (Lipinski definition) is 2. The molecule has 0 aromatic heterocycles. The summed E-state index contributed by atoms with van der Waals surface area (Å²) in [7, 11) is 0. The van der Waals surface area contributed by atoms with Crippen molar-refractivity contribution in [1.82, 2.24) is 4.90 Å². The average Bonchev–Trinajstić information content (AvgIpc) is 2.39. The highest BCUT2D eigenvalue weighted by molar-refractivity contribution is 5.82. The van der Waals surface area contributed by atoms with Crippen molar-refractivity contribution >= 4 is 11.6 Å². The van der Waals surface area contributed by atoms with Crippen LogP contribution in [0.5, 0.6) is 0 Å². The van der Waals surface area contributed by atoms with Gasteiger partial charge in [0, 0.05) is 18.8 Å². The molecule has 0 atom stereocenters. The minimum atomic E-state index is 0.185. The molecule has 0 radical (unpaired) electrons. The number of fused-ring (bicyclic) bond motifs is 1. The van der Waals surface area contributed by atoms with Crippen LogP contribution in [0, 0.1) is 5.92 Å². The highest BCUT2D eigenvalue weighted by Gasteiger charge is 2.19. The summed E-state index contributed by atoms with van der Waals surface area (Å²) in [6.07, 6.45) is 0. The first-order valence-electron chi connectivity index (χ1n) is 5.76. The number of benzene rings is 1. The van der Waals surface area contributed by atoms with Crippen LogP contribution < -0.4 is 5.32 Å². The van der Waals surface area contributed by atoms with Gasteiger partial charge in [-0.15, -0.1) is 0 Å². The largest absolute Gasteiger partial charge is 0.376 e. The maximum atomic E-state index is 11.9. The summed E-state index contributed by atoms with van der Waals surface area (Å²) in [4.78, 5) is 13.8. The monoisotopic (exact) mass is 218 g/mol. The summed E-state index contributed by atoms with van der Waals surface area (Å²) >= 11 is 0. The Bertz CT molecular complexity index is 387. The summed E-state index contributed by atoms with van der Waals surface area (Å²) in [5, 5.41) is 3.19. The van der Waals surface area contributed by atoms with E-state index < -0.39 is 0 Å². The molecule has 0 spiro atoms. The molecule has 1 N–H and O–H groups in total. The van der Waals surface area contributed by atoms with Gasteiger partial charge in [0.1, 0.15) is 0 Å². The van der Waals surface area contributed by atoms with Gasteiger partial charge in [0.15, 0.2) is 0 Å². The smallest absolute Gasteiger partial charge is 0.242 e. The fourth-order valence-electron chi connectivity index (χ4n) is 2.01. The van der Waals surface area contributed by atoms with Crippen molar-refractivity contribution in [1.29, 1.82) is 0 Å². The Morgan fingerprint density at radius 1 is 1.38 bits per heavy atom. The van der Waals surface area contributed by atoms with Crippen molar-refractivity contribution in [3.05, 3.63) is 29.8 Å². The third-order valence-corrected chi connectivity index (χ3v) is 2.75. The fraction of sp³-hybridized carbons (Fsp3) is 0.462. The van der Waals surface area contributed by atoms with Gasteiger partial charge in [0.25, 0.3) is 0 Å². The molecule has 86 valence electrons. The number of nitrogens with one attached hydrogen (secondary N) is 1. The fourth-order valence-corrected chi connectivity index (χ4v) is 2.01. The number of nitrogens with zero attached hydrogens (tertiary/aromatic N) is 1. The van der Waals surface area contributed by atoms with Crippen molar-refractivity contribution in [2.24, 2.45) is 5.92 Å². The Labute approximate surface area is 96.5 Å². The predicted molar refractivity (Wildman–Crippen MR) is 65.2 cm³/mol. The second kappa shape index (κ2) is 4.56. The first-order valence-corrected chi connectivity index (χ1v) is 5.76. The summed E-state index contributed by atoms with van der Waals surface area (Å²) in [6.45, 7) is 6.23. The van der Waals surface area contributed by atoms with E-state index in [0.717, 1.165) is 18.8 Å². The minimum absolute atomic E-state index is 0.185. The molecule has 0 bridgehead atoms. The summed E-state index contributed by atoms with van der Waals surface area (Å²) in [5.41, 5.74) is 2.29. The van der Waals surface area contributed by atoms with Crippen LogP contribution in [-0.2, 0) is 11.3 Å². The van der Waals surface area contributed by atoms with Gasteiger partial charge >= 0.3 is 0 Å². The number of carbonyl (C=O) groups excluding carboxylic acids is 1. The van der Waals surface area contributed by atoms with Gasteiger partial charge in [-0.2, -0.15) is 0 Å². The summed E-state index contributed by atoms with van der Waals surface area (Å²) in [6, 6.07) is 8.12. The van der Waals surface area contributed by atoms with Gasteiger partial charge in [0.2, 0.25) is 5.91 Å². The number of rotatable bonds is 2. The normalized spacial score (nSPS) is 15.7. The molecule has 0 saturated carbocycles. The van der Waals surface area contributed by atoms with Crippen LogP contribution in [0.25, 0.3) is 0 Å². The molecular formula is C13H18N2O. The van der Waals surface area contributed by atoms with E-state index in [1.165, 1.54) is 5.56 Å². The zero-order chi connectivity index (χ0) is 11.5. The SMILES string of the molecule is CC(C)CN1Cc2ccccc2NCC1=O. The van der Waals surface area contributed by atoms with Crippen LogP contribution >= 0.6 is 0 Å².